The summed E-state index contributed by atoms with van der Waals surface area (Å²) in [5.41, 5.74) is 6.18. The van der Waals surface area contributed by atoms with Crippen molar-refractivity contribution in [2.45, 2.75) is 43.0 Å². The van der Waals surface area contributed by atoms with E-state index in [4.69, 9.17) is 5.73 Å². The lowest BCUT2D eigenvalue weighted by molar-refractivity contribution is 0.0915. The van der Waals surface area contributed by atoms with Crippen molar-refractivity contribution in [3.8, 4) is 0 Å². The number of hydrogen-bond acceptors (Lipinski definition) is 4. The van der Waals surface area contributed by atoms with Crippen LogP contribution in [0.4, 0.5) is 0 Å². The van der Waals surface area contributed by atoms with E-state index in [1.807, 2.05) is 0 Å². The summed E-state index contributed by atoms with van der Waals surface area (Å²) in [6.07, 6.45) is 6.92. The van der Waals surface area contributed by atoms with Crippen LogP contribution in [0.1, 0.15) is 42.5 Å². The monoisotopic (exact) mass is 324 g/mol. The average molecular weight is 324 g/mol. The smallest absolute Gasteiger partial charge is 0.251 e. The van der Waals surface area contributed by atoms with Crippen LogP contribution >= 0.6 is 0 Å². The fraction of sp³-hybridized carbons (Fsp3) is 0.562. The lowest BCUT2D eigenvalue weighted by atomic mass is 9.84. The zero-order valence-corrected chi connectivity index (χ0v) is 13.7. The van der Waals surface area contributed by atoms with Gasteiger partial charge in [-0.2, -0.15) is 0 Å². The van der Waals surface area contributed by atoms with Crippen molar-refractivity contribution in [3.63, 3.8) is 0 Å². The summed E-state index contributed by atoms with van der Waals surface area (Å²) >= 11 is 0. The number of carbonyl (C=O) groups is 1. The fourth-order valence-electron chi connectivity index (χ4n) is 3.03. The molecule has 122 valence electrons. The third-order valence-corrected chi connectivity index (χ3v) is 5.42. The van der Waals surface area contributed by atoms with E-state index in [0.717, 1.165) is 19.1 Å². The van der Waals surface area contributed by atoms with Gasteiger partial charge >= 0.3 is 0 Å². The van der Waals surface area contributed by atoms with Crippen molar-refractivity contribution in [2.24, 2.45) is 11.7 Å². The van der Waals surface area contributed by atoms with Gasteiger partial charge in [-0.25, -0.2) is 8.42 Å². The summed E-state index contributed by atoms with van der Waals surface area (Å²) in [6, 6.07) is 6.07. The Hall–Kier alpha value is -1.40. The van der Waals surface area contributed by atoms with E-state index in [9.17, 15) is 13.2 Å². The van der Waals surface area contributed by atoms with Gasteiger partial charge in [0.25, 0.3) is 5.91 Å². The Morgan fingerprint density at radius 3 is 2.59 bits per heavy atom. The first-order valence-electron chi connectivity index (χ1n) is 7.73. The van der Waals surface area contributed by atoms with Gasteiger partial charge in [-0.1, -0.05) is 25.3 Å². The maximum absolute atomic E-state index is 12.4. The summed E-state index contributed by atoms with van der Waals surface area (Å²) in [5.74, 6) is 0.160. The van der Waals surface area contributed by atoms with Gasteiger partial charge in [0.05, 0.1) is 4.90 Å². The molecule has 6 heteroatoms. The van der Waals surface area contributed by atoms with E-state index < -0.39 is 9.84 Å². The Morgan fingerprint density at radius 2 is 2.00 bits per heavy atom. The molecule has 1 amide bonds. The first-order valence-corrected chi connectivity index (χ1v) is 9.62. The fourth-order valence-corrected chi connectivity index (χ4v) is 3.69. The third kappa shape index (κ3) is 4.30. The lowest BCUT2D eigenvalue weighted by Gasteiger charge is -2.30. The van der Waals surface area contributed by atoms with Gasteiger partial charge in [-0.05, 0) is 37.0 Å². The van der Waals surface area contributed by atoms with Crippen molar-refractivity contribution in [3.05, 3.63) is 29.8 Å². The Morgan fingerprint density at radius 1 is 1.32 bits per heavy atom. The van der Waals surface area contributed by atoms with Gasteiger partial charge in [0.15, 0.2) is 9.84 Å². The molecule has 1 aliphatic rings. The van der Waals surface area contributed by atoms with E-state index in [0.29, 0.717) is 18.0 Å². The molecule has 0 radical (unpaired) electrons. The van der Waals surface area contributed by atoms with E-state index >= 15 is 0 Å². The second-order valence-corrected chi connectivity index (χ2v) is 8.03. The van der Waals surface area contributed by atoms with Crippen LogP contribution in [0.2, 0.25) is 0 Å². The maximum Gasteiger partial charge on any atom is 0.251 e. The minimum atomic E-state index is -3.32. The molecule has 1 aromatic rings. The normalized spacial score (nSPS) is 17.9. The van der Waals surface area contributed by atoms with Crippen LogP contribution in [0.3, 0.4) is 0 Å². The van der Waals surface area contributed by atoms with Gasteiger partial charge < -0.3 is 11.1 Å². The van der Waals surface area contributed by atoms with Crippen LogP contribution in [0.15, 0.2) is 29.2 Å². The molecule has 2 rings (SSSR count). The first-order chi connectivity index (χ1) is 10.4. The maximum atomic E-state index is 12.4. The summed E-state index contributed by atoms with van der Waals surface area (Å²) in [7, 11) is -3.32. The van der Waals surface area contributed by atoms with Gasteiger partial charge in [0, 0.05) is 24.4 Å². The average Bonchev–Trinajstić information content (AvgIpc) is 2.52. The quantitative estimate of drug-likeness (QED) is 0.863. The molecule has 1 unspecified atom stereocenters. The molecule has 5 nitrogen and oxygen atoms in total. The molecule has 1 fully saturated rings. The summed E-state index contributed by atoms with van der Waals surface area (Å²) in [5, 5.41) is 2.97. The highest BCUT2D eigenvalue weighted by Crippen LogP contribution is 2.26. The largest absolute Gasteiger partial charge is 0.348 e. The SMILES string of the molecule is CS(=O)(=O)c1cccc(C(=O)NC(CN)C2CCCCC2)c1. The minimum absolute atomic E-state index is 0.0466. The number of sulfone groups is 1. The molecule has 1 atom stereocenters. The van der Waals surface area contributed by atoms with Crippen molar-refractivity contribution >= 4 is 15.7 Å². The molecular formula is C16H24N2O3S. The van der Waals surface area contributed by atoms with Crippen LogP contribution in [0.5, 0.6) is 0 Å². The number of hydrogen-bond donors (Lipinski definition) is 2. The Bertz CT molecular complexity index is 622. The third-order valence-electron chi connectivity index (χ3n) is 4.31. The molecular weight excluding hydrogens is 300 g/mol. The molecule has 0 bridgehead atoms. The number of amides is 1. The highest BCUT2D eigenvalue weighted by Gasteiger charge is 2.24. The van der Waals surface area contributed by atoms with E-state index in [2.05, 4.69) is 5.32 Å². The highest BCUT2D eigenvalue weighted by atomic mass is 32.2. The summed E-state index contributed by atoms with van der Waals surface area (Å²) in [4.78, 5) is 12.5. The van der Waals surface area contributed by atoms with E-state index in [1.165, 1.54) is 31.4 Å². The molecule has 0 spiro atoms. The highest BCUT2D eigenvalue weighted by molar-refractivity contribution is 7.90. The Kier molecular flexibility index (Phi) is 5.58. The Labute approximate surface area is 132 Å². The van der Waals surface area contributed by atoms with Gasteiger partial charge in [0.2, 0.25) is 0 Å². The summed E-state index contributed by atoms with van der Waals surface area (Å²) in [6.45, 7) is 0.405. The number of nitrogens with two attached hydrogens (primary N) is 1. The van der Waals surface area contributed by atoms with Gasteiger partial charge in [-0.3, -0.25) is 4.79 Å². The molecule has 0 heterocycles. The second kappa shape index (κ2) is 7.24. The predicted octanol–water partition coefficient (Wildman–Crippen LogP) is 1.73. The zero-order chi connectivity index (χ0) is 16.2. The number of rotatable bonds is 5. The van der Waals surface area contributed by atoms with Gasteiger partial charge in [-0.15, -0.1) is 0 Å². The molecule has 0 aliphatic heterocycles. The van der Waals surface area contributed by atoms with Crippen LogP contribution in [0, 0.1) is 5.92 Å². The van der Waals surface area contributed by atoms with Crippen LogP contribution in [-0.4, -0.2) is 33.2 Å². The number of benzene rings is 1. The first kappa shape index (κ1) is 17.0. The zero-order valence-electron chi connectivity index (χ0n) is 12.9. The summed E-state index contributed by atoms with van der Waals surface area (Å²) < 4.78 is 23.2. The molecule has 1 aromatic carbocycles. The van der Waals surface area contributed by atoms with Crippen LogP contribution in [0.25, 0.3) is 0 Å². The van der Waals surface area contributed by atoms with Gasteiger partial charge in [0.1, 0.15) is 0 Å². The molecule has 1 saturated carbocycles. The minimum Gasteiger partial charge on any atom is -0.348 e. The van der Waals surface area contributed by atoms with Crippen molar-refractivity contribution < 1.29 is 13.2 Å². The van der Waals surface area contributed by atoms with E-state index in [1.54, 1.807) is 12.1 Å². The molecule has 22 heavy (non-hydrogen) atoms. The number of carbonyl (C=O) groups excluding carboxylic acids is 1. The van der Waals surface area contributed by atoms with Crippen LogP contribution < -0.4 is 11.1 Å². The van der Waals surface area contributed by atoms with Crippen LogP contribution in [-0.2, 0) is 9.84 Å². The standard InChI is InChI=1S/C16H24N2O3S/c1-22(20,21)14-9-5-8-13(10-14)16(19)18-15(11-17)12-6-3-2-4-7-12/h5,8-10,12,15H,2-4,6-7,11,17H2,1H3,(H,18,19). The molecule has 0 saturated heterocycles. The molecule has 3 N–H and O–H groups in total. The number of nitrogens with one attached hydrogen (secondary N) is 1. The predicted molar refractivity (Wildman–Crippen MR) is 86.4 cm³/mol. The van der Waals surface area contributed by atoms with E-state index in [-0.39, 0.29) is 16.8 Å². The second-order valence-electron chi connectivity index (χ2n) is 6.01. The Balaban J connectivity index is 2.10. The molecule has 1 aliphatic carbocycles. The lowest BCUT2D eigenvalue weighted by Crippen LogP contribution is -2.45. The van der Waals surface area contributed by atoms with Crippen molar-refractivity contribution in [1.82, 2.24) is 5.32 Å². The van der Waals surface area contributed by atoms with Crippen molar-refractivity contribution in [1.29, 1.82) is 0 Å². The molecule has 0 aromatic heterocycles. The van der Waals surface area contributed by atoms with Crippen molar-refractivity contribution in [2.75, 3.05) is 12.8 Å². The topological polar surface area (TPSA) is 89.3 Å².